The minimum absolute atomic E-state index is 0.0743. The lowest BCUT2D eigenvalue weighted by molar-refractivity contribution is -0.138. The van der Waals surface area contributed by atoms with Crippen LogP contribution in [0.4, 0.5) is 19.0 Å². The number of nitrogens with one attached hydrogen (secondary N) is 1. The van der Waals surface area contributed by atoms with E-state index in [4.69, 9.17) is 16.9 Å². The fourth-order valence-electron chi connectivity index (χ4n) is 1.78. The number of hydrogen-bond donors (Lipinski definition) is 1. The average Bonchev–Trinajstić information content (AvgIpc) is 2.45. The Kier molecular flexibility index (Phi) is 4.34. The molecule has 0 saturated heterocycles. The highest BCUT2D eigenvalue weighted by Gasteiger charge is 2.32. The SMILES string of the molecule is N#Cc1ccnc(NCc2ccccc2C(F)(F)F)c1Cl. The molecule has 1 aromatic heterocycles. The van der Waals surface area contributed by atoms with Crippen LogP contribution in [-0.2, 0) is 12.7 Å². The fraction of sp³-hybridized carbons (Fsp3) is 0.143. The van der Waals surface area contributed by atoms with Crippen molar-refractivity contribution in [1.82, 2.24) is 4.98 Å². The lowest BCUT2D eigenvalue weighted by atomic mass is 10.1. The first-order chi connectivity index (χ1) is 9.93. The molecule has 2 aromatic rings. The quantitative estimate of drug-likeness (QED) is 0.922. The first kappa shape index (κ1) is 15.1. The highest BCUT2D eigenvalue weighted by atomic mass is 35.5. The van der Waals surface area contributed by atoms with Gasteiger partial charge >= 0.3 is 6.18 Å². The predicted octanol–water partition coefficient (Wildman–Crippen LogP) is 4.24. The van der Waals surface area contributed by atoms with Crippen molar-refractivity contribution in [3.05, 3.63) is 58.2 Å². The Hall–Kier alpha value is -2.26. The van der Waals surface area contributed by atoms with Gasteiger partial charge in [-0.15, -0.1) is 0 Å². The van der Waals surface area contributed by atoms with Crippen LogP contribution in [0.25, 0.3) is 0 Å². The molecule has 0 amide bonds. The molecule has 0 spiro atoms. The molecule has 21 heavy (non-hydrogen) atoms. The number of benzene rings is 1. The zero-order valence-electron chi connectivity index (χ0n) is 10.6. The van der Waals surface area contributed by atoms with Crippen molar-refractivity contribution in [3.8, 4) is 6.07 Å². The van der Waals surface area contributed by atoms with Gasteiger partial charge in [-0.1, -0.05) is 29.8 Å². The Morgan fingerprint density at radius 1 is 1.24 bits per heavy atom. The number of nitriles is 1. The predicted molar refractivity (Wildman–Crippen MR) is 72.7 cm³/mol. The van der Waals surface area contributed by atoms with Gasteiger partial charge in [0.15, 0.2) is 0 Å². The number of anilines is 1. The summed E-state index contributed by atoms with van der Waals surface area (Å²) in [5, 5.41) is 11.6. The first-order valence-electron chi connectivity index (χ1n) is 5.87. The van der Waals surface area contributed by atoms with Crippen LogP contribution in [0.3, 0.4) is 0 Å². The van der Waals surface area contributed by atoms with Gasteiger partial charge in [0.25, 0.3) is 0 Å². The van der Waals surface area contributed by atoms with Crippen molar-refractivity contribution < 1.29 is 13.2 Å². The van der Waals surface area contributed by atoms with Crippen LogP contribution >= 0.6 is 11.6 Å². The van der Waals surface area contributed by atoms with Gasteiger partial charge in [-0.25, -0.2) is 4.98 Å². The monoisotopic (exact) mass is 311 g/mol. The van der Waals surface area contributed by atoms with Crippen molar-refractivity contribution in [2.45, 2.75) is 12.7 Å². The van der Waals surface area contributed by atoms with Crippen LogP contribution in [0.1, 0.15) is 16.7 Å². The summed E-state index contributed by atoms with van der Waals surface area (Å²) in [5.74, 6) is 0.174. The molecule has 108 valence electrons. The molecule has 0 radical (unpaired) electrons. The lowest BCUT2D eigenvalue weighted by Gasteiger charge is -2.14. The maximum Gasteiger partial charge on any atom is 0.416 e. The number of pyridine rings is 1. The summed E-state index contributed by atoms with van der Waals surface area (Å²) in [4.78, 5) is 3.92. The molecule has 1 aromatic carbocycles. The molecule has 1 N–H and O–H groups in total. The van der Waals surface area contributed by atoms with E-state index in [1.807, 2.05) is 6.07 Å². The Morgan fingerprint density at radius 3 is 2.62 bits per heavy atom. The van der Waals surface area contributed by atoms with Crippen LogP contribution in [0.15, 0.2) is 36.5 Å². The summed E-state index contributed by atoms with van der Waals surface area (Å²) in [6.07, 6.45) is -3.06. The van der Waals surface area contributed by atoms with Crippen LogP contribution in [0.5, 0.6) is 0 Å². The molecule has 3 nitrogen and oxygen atoms in total. The fourth-order valence-corrected chi connectivity index (χ4v) is 2.00. The van der Waals surface area contributed by atoms with Crippen LogP contribution < -0.4 is 5.32 Å². The molecule has 0 saturated carbocycles. The third-order valence-electron chi connectivity index (χ3n) is 2.78. The van der Waals surface area contributed by atoms with Gasteiger partial charge in [-0.05, 0) is 17.7 Å². The van der Waals surface area contributed by atoms with E-state index < -0.39 is 11.7 Å². The average molecular weight is 312 g/mol. The van der Waals surface area contributed by atoms with Crippen LogP contribution in [0.2, 0.25) is 5.02 Å². The minimum Gasteiger partial charge on any atom is -0.365 e. The van der Waals surface area contributed by atoms with E-state index in [0.717, 1.165) is 6.07 Å². The second-order valence-corrected chi connectivity index (χ2v) is 4.52. The molecule has 2 rings (SSSR count). The number of rotatable bonds is 3. The molecule has 1 heterocycles. The molecule has 7 heteroatoms. The van der Waals surface area contributed by atoms with Crippen molar-refractivity contribution >= 4 is 17.4 Å². The zero-order chi connectivity index (χ0) is 15.5. The smallest absolute Gasteiger partial charge is 0.365 e. The van der Waals surface area contributed by atoms with E-state index in [1.54, 1.807) is 0 Å². The van der Waals surface area contributed by atoms with E-state index in [2.05, 4.69) is 10.3 Å². The van der Waals surface area contributed by atoms with E-state index in [1.165, 1.54) is 30.5 Å². The molecule has 0 aliphatic carbocycles. The van der Waals surface area contributed by atoms with Gasteiger partial charge in [0, 0.05) is 12.7 Å². The number of alkyl halides is 3. The highest BCUT2D eigenvalue weighted by molar-refractivity contribution is 6.34. The number of hydrogen-bond acceptors (Lipinski definition) is 3. The molecular formula is C14H9ClF3N3. The Balaban J connectivity index is 2.24. The van der Waals surface area contributed by atoms with Crippen molar-refractivity contribution in [2.75, 3.05) is 5.32 Å². The molecule has 0 aliphatic rings. The Labute approximate surface area is 124 Å². The highest BCUT2D eigenvalue weighted by Crippen LogP contribution is 2.32. The topological polar surface area (TPSA) is 48.7 Å². The maximum atomic E-state index is 12.9. The Bertz CT molecular complexity index is 693. The number of aromatic nitrogens is 1. The largest absolute Gasteiger partial charge is 0.416 e. The summed E-state index contributed by atoms with van der Waals surface area (Å²) in [7, 11) is 0. The maximum absolute atomic E-state index is 12.9. The first-order valence-corrected chi connectivity index (χ1v) is 6.25. The van der Waals surface area contributed by atoms with E-state index in [9.17, 15) is 13.2 Å². The van der Waals surface area contributed by atoms with Crippen LogP contribution in [-0.4, -0.2) is 4.98 Å². The standard InChI is InChI=1S/C14H9ClF3N3/c15-12-9(7-19)5-6-20-13(12)21-8-10-3-1-2-4-11(10)14(16,17)18/h1-6H,8H2,(H,20,21). The van der Waals surface area contributed by atoms with Gasteiger partial charge in [-0.3, -0.25) is 0 Å². The lowest BCUT2D eigenvalue weighted by Crippen LogP contribution is -2.12. The summed E-state index contributed by atoms with van der Waals surface area (Å²) in [6.45, 7) is -0.0999. The normalized spacial score (nSPS) is 11.0. The van der Waals surface area contributed by atoms with Crippen molar-refractivity contribution in [3.63, 3.8) is 0 Å². The molecule has 0 aliphatic heterocycles. The van der Waals surface area contributed by atoms with Gasteiger partial charge in [0.2, 0.25) is 0 Å². The minimum atomic E-state index is -4.43. The molecule has 0 unspecified atom stereocenters. The summed E-state index contributed by atoms with van der Waals surface area (Å²) in [5.41, 5.74) is -0.437. The number of nitrogens with zero attached hydrogens (tertiary/aromatic N) is 2. The second kappa shape index (κ2) is 6.02. The van der Waals surface area contributed by atoms with Crippen molar-refractivity contribution in [1.29, 1.82) is 5.26 Å². The van der Waals surface area contributed by atoms with Gasteiger partial charge < -0.3 is 5.32 Å². The molecule has 0 atom stereocenters. The van der Waals surface area contributed by atoms with Gasteiger partial charge in [0.05, 0.1) is 11.1 Å². The summed E-state index contributed by atoms with van der Waals surface area (Å²) < 4.78 is 38.6. The van der Waals surface area contributed by atoms with E-state index in [0.29, 0.717) is 0 Å². The second-order valence-electron chi connectivity index (χ2n) is 4.14. The third kappa shape index (κ3) is 3.44. The van der Waals surface area contributed by atoms with Crippen molar-refractivity contribution in [2.24, 2.45) is 0 Å². The number of halogens is 4. The molecular weight excluding hydrogens is 303 g/mol. The zero-order valence-corrected chi connectivity index (χ0v) is 11.3. The van der Waals surface area contributed by atoms with Crippen LogP contribution in [0, 0.1) is 11.3 Å². The van der Waals surface area contributed by atoms with Gasteiger partial charge in [0.1, 0.15) is 16.9 Å². The molecule has 0 bridgehead atoms. The summed E-state index contributed by atoms with van der Waals surface area (Å²) >= 11 is 5.94. The summed E-state index contributed by atoms with van der Waals surface area (Å²) in [6, 6.07) is 8.54. The van der Waals surface area contributed by atoms with E-state index in [-0.39, 0.29) is 28.5 Å². The molecule has 0 fully saturated rings. The van der Waals surface area contributed by atoms with Gasteiger partial charge in [-0.2, -0.15) is 18.4 Å². The third-order valence-corrected chi connectivity index (χ3v) is 3.16. The Morgan fingerprint density at radius 2 is 1.95 bits per heavy atom. The van der Waals surface area contributed by atoms with E-state index >= 15 is 0 Å².